The van der Waals surface area contributed by atoms with Crippen LogP contribution in [0.2, 0.25) is 0 Å². The van der Waals surface area contributed by atoms with Gasteiger partial charge in [0.25, 0.3) is 0 Å². The molecule has 1 fully saturated rings. The van der Waals surface area contributed by atoms with Gasteiger partial charge < -0.3 is 14.6 Å². The largest absolute Gasteiger partial charge is 0.396 e. The monoisotopic (exact) mass is 328 g/mol. The van der Waals surface area contributed by atoms with E-state index in [0.717, 1.165) is 25.9 Å². The van der Waals surface area contributed by atoms with Gasteiger partial charge in [-0.05, 0) is 19.3 Å². The van der Waals surface area contributed by atoms with E-state index in [1.54, 1.807) is 0 Å². The molecule has 0 aromatic carbocycles. The second kappa shape index (κ2) is 15.4. The first-order valence-corrected chi connectivity index (χ1v) is 10.2. The van der Waals surface area contributed by atoms with Gasteiger partial charge in [-0.2, -0.15) is 0 Å². The topological polar surface area (TPSA) is 38.7 Å². The Kier molecular flexibility index (Phi) is 14.0. The van der Waals surface area contributed by atoms with Crippen molar-refractivity contribution in [3.63, 3.8) is 0 Å². The molecule has 2 atom stereocenters. The van der Waals surface area contributed by atoms with E-state index in [0.29, 0.717) is 6.61 Å². The SMILES string of the molecule is CCCCCCCCCCCCCC1OCCOC1CCCO. The van der Waals surface area contributed by atoms with E-state index in [1.807, 2.05) is 0 Å². The summed E-state index contributed by atoms with van der Waals surface area (Å²) in [6, 6.07) is 0. The van der Waals surface area contributed by atoms with Crippen molar-refractivity contribution in [1.29, 1.82) is 0 Å². The Hall–Kier alpha value is -0.120. The molecular weight excluding hydrogens is 288 g/mol. The lowest BCUT2D eigenvalue weighted by atomic mass is 10.00. The van der Waals surface area contributed by atoms with Crippen molar-refractivity contribution < 1.29 is 14.6 Å². The predicted octanol–water partition coefficient (Wildman–Crippen LogP) is 5.24. The Morgan fingerprint density at radius 2 is 1.09 bits per heavy atom. The molecular formula is C20H40O3. The molecule has 0 aliphatic carbocycles. The van der Waals surface area contributed by atoms with Crippen LogP contribution in [-0.2, 0) is 9.47 Å². The van der Waals surface area contributed by atoms with E-state index in [9.17, 15) is 0 Å². The molecule has 1 N–H and O–H groups in total. The van der Waals surface area contributed by atoms with Crippen molar-refractivity contribution in [1.82, 2.24) is 0 Å². The third-order valence-corrected chi connectivity index (χ3v) is 4.90. The van der Waals surface area contributed by atoms with E-state index in [2.05, 4.69) is 6.92 Å². The average Bonchev–Trinajstić information content (AvgIpc) is 2.58. The zero-order chi connectivity index (χ0) is 16.6. The molecule has 1 aliphatic rings. The highest BCUT2D eigenvalue weighted by atomic mass is 16.6. The Labute approximate surface area is 144 Å². The van der Waals surface area contributed by atoms with Crippen LogP contribution in [0.1, 0.15) is 96.8 Å². The fourth-order valence-corrected chi connectivity index (χ4v) is 3.45. The number of aliphatic hydroxyl groups is 1. The number of aliphatic hydroxyl groups excluding tert-OH is 1. The quantitative estimate of drug-likeness (QED) is 0.418. The molecule has 0 bridgehead atoms. The number of unbranched alkanes of at least 4 members (excludes halogenated alkanes) is 10. The normalized spacial score (nSPS) is 21.7. The number of rotatable bonds is 15. The van der Waals surface area contributed by atoms with E-state index in [1.165, 1.54) is 70.6 Å². The van der Waals surface area contributed by atoms with Gasteiger partial charge in [0.1, 0.15) is 0 Å². The number of ether oxygens (including phenoxy) is 2. The summed E-state index contributed by atoms with van der Waals surface area (Å²) in [5.41, 5.74) is 0. The maximum atomic E-state index is 8.96. The van der Waals surface area contributed by atoms with Crippen LogP contribution in [0.4, 0.5) is 0 Å². The molecule has 0 radical (unpaired) electrons. The Balaban J connectivity index is 1.91. The van der Waals surface area contributed by atoms with E-state index in [-0.39, 0.29) is 18.8 Å². The van der Waals surface area contributed by atoms with Gasteiger partial charge in [0.15, 0.2) is 0 Å². The van der Waals surface area contributed by atoms with Crippen LogP contribution in [0.15, 0.2) is 0 Å². The van der Waals surface area contributed by atoms with E-state index >= 15 is 0 Å². The van der Waals surface area contributed by atoms with Crippen molar-refractivity contribution in [3.8, 4) is 0 Å². The molecule has 3 heteroatoms. The van der Waals surface area contributed by atoms with Crippen LogP contribution in [0.3, 0.4) is 0 Å². The molecule has 1 heterocycles. The van der Waals surface area contributed by atoms with Gasteiger partial charge in [-0.25, -0.2) is 0 Å². The maximum absolute atomic E-state index is 8.96. The lowest BCUT2D eigenvalue weighted by Crippen LogP contribution is -2.38. The highest BCUT2D eigenvalue weighted by molar-refractivity contribution is 4.74. The summed E-state index contributed by atoms with van der Waals surface area (Å²) in [5.74, 6) is 0. The smallest absolute Gasteiger partial charge is 0.0838 e. The Morgan fingerprint density at radius 1 is 0.652 bits per heavy atom. The van der Waals surface area contributed by atoms with Crippen molar-refractivity contribution >= 4 is 0 Å². The summed E-state index contributed by atoms with van der Waals surface area (Å²) in [5, 5.41) is 8.96. The Morgan fingerprint density at radius 3 is 1.57 bits per heavy atom. The molecule has 1 rings (SSSR count). The van der Waals surface area contributed by atoms with Gasteiger partial charge >= 0.3 is 0 Å². The molecule has 1 saturated heterocycles. The second-order valence-corrected chi connectivity index (χ2v) is 7.01. The molecule has 23 heavy (non-hydrogen) atoms. The molecule has 138 valence electrons. The minimum absolute atomic E-state index is 0.207. The third kappa shape index (κ3) is 11.1. The zero-order valence-electron chi connectivity index (χ0n) is 15.4. The Bertz CT molecular complexity index is 245. The molecule has 0 aromatic heterocycles. The molecule has 0 aromatic rings. The highest BCUT2D eigenvalue weighted by Crippen LogP contribution is 2.21. The van der Waals surface area contributed by atoms with Crippen molar-refractivity contribution in [3.05, 3.63) is 0 Å². The number of hydrogen-bond acceptors (Lipinski definition) is 3. The van der Waals surface area contributed by atoms with Crippen LogP contribution in [-0.4, -0.2) is 37.1 Å². The first-order chi connectivity index (χ1) is 11.4. The van der Waals surface area contributed by atoms with Crippen LogP contribution in [0, 0.1) is 0 Å². The first kappa shape index (κ1) is 20.9. The molecule has 0 amide bonds. The van der Waals surface area contributed by atoms with Crippen LogP contribution in [0.5, 0.6) is 0 Å². The van der Waals surface area contributed by atoms with E-state index in [4.69, 9.17) is 14.6 Å². The van der Waals surface area contributed by atoms with Crippen molar-refractivity contribution in [2.45, 2.75) is 109 Å². The highest BCUT2D eigenvalue weighted by Gasteiger charge is 2.25. The van der Waals surface area contributed by atoms with Gasteiger partial charge in [0.2, 0.25) is 0 Å². The fraction of sp³-hybridized carbons (Fsp3) is 1.00. The minimum atomic E-state index is 0.207. The van der Waals surface area contributed by atoms with Crippen molar-refractivity contribution in [2.24, 2.45) is 0 Å². The lowest BCUT2D eigenvalue weighted by Gasteiger charge is -2.32. The third-order valence-electron chi connectivity index (χ3n) is 4.90. The second-order valence-electron chi connectivity index (χ2n) is 7.01. The summed E-state index contributed by atoms with van der Waals surface area (Å²) in [7, 11) is 0. The first-order valence-electron chi connectivity index (χ1n) is 10.2. The molecule has 2 unspecified atom stereocenters. The summed E-state index contributed by atoms with van der Waals surface area (Å²) in [6.45, 7) is 3.98. The summed E-state index contributed by atoms with van der Waals surface area (Å²) in [4.78, 5) is 0. The lowest BCUT2D eigenvalue weighted by molar-refractivity contribution is -0.145. The standard InChI is InChI=1S/C20H40O3/c1-2-3-4-5-6-7-8-9-10-11-12-14-19-20(15-13-16-21)23-18-17-22-19/h19-21H,2-18H2,1H3. The van der Waals surface area contributed by atoms with Crippen LogP contribution in [0.25, 0.3) is 0 Å². The maximum Gasteiger partial charge on any atom is 0.0838 e. The molecule has 1 aliphatic heterocycles. The zero-order valence-corrected chi connectivity index (χ0v) is 15.4. The van der Waals surface area contributed by atoms with Crippen LogP contribution < -0.4 is 0 Å². The average molecular weight is 329 g/mol. The van der Waals surface area contributed by atoms with Crippen molar-refractivity contribution in [2.75, 3.05) is 19.8 Å². The summed E-state index contributed by atoms with van der Waals surface area (Å²) < 4.78 is 11.7. The molecule has 0 spiro atoms. The van der Waals surface area contributed by atoms with Gasteiger partial charge in [0, 0.05) is 6.61 Å². The fourth-order valence-electron chi connectivity index (χ4n) is 3.45. The van der Waals surface area contributed by atoms with Gasteiger partial charge in [-0.3, -0.25) is 0 Å². The molecule has 3 nitrogen and oxygen atoms in total. The van der Waals surface area contributed by atoms with Crippen LogP contribution >= 0.6 is 0 Å². The van der Waals surface area contributed by atoms with Gasteiger partial charge in [-0.1, -0.05) is 77.6 Å². The number of hydrogen-bond donors (Lipinski definition) is 1. The summed E-state index contributed by atoms with van der Waals surface area (Å²) in [6.07, 6.45) is 18.5. The van der Waals surface area contributed by atoms with E-state index < -0.39 is 0 Å². The predicted molar refractivity (Wildman–Crippen MR) is 96.9 cm³/mol. The van der Waals surface area contributed by atoms with Gasteiger partial charge in [-0.15, -0.1) is 0 Å². The molecule has 0 saturated carbocycles. The minimum Gasteiger partial charge on any atom is -0.396 e. The summed E-state index contributed by atoms with van der Waals surface area (Å²) >= 11 is 0. The van der Waals surface area contributed by atoms with Gasteiger partial charge in [0.05, 0.1) is 25.4 Å².